The Kier molecular flexibility index (Phi) is 7.23. The average molecular weight is 494 g/mol. The van der Waals surface area contributed by atoms with E-state index in [1.165, 1.54) is 0 Å². The fraction of sp³-hybridized carbons (Fsp3) is 0.444. The van der Waals surface area contributed by atoms with Crippen LogP contribution in [0.4, 0.5) is 10.5 Å². The van der Waals surface area contributed by atoms with Crippen LogP contribution in [0.2, 0.25) is 5.02 Å². The van der Waals surface area contributed by atoms with Crippen LogP contribution in [0, 0.1) is 6.92 Å². The van der Waals surface area contributed by atoms with Crippen molar-refractivity contribution in [3.8, 4) is 5.88 Å². The van der Waals surface area contributed by atoms with Crippen LogP contribution in [-0.4, -0.2) is 59.2 Å². The lowest BCUT2D eigenvalue weighted by molar-refractivity contribution is 0.158. The summed E-state index contributed by atoms with van der Waals surface area (Å²) in [7, 11) is 0. The number of carbonyl (C=O) groups is 1. The molecule has 2 unspecified atom stereocenters. The molecule has 2 fully saturated rings. The van der Waals surface area contributed by atoms with Crippen LogP contribution in [-0.2, 0) is 0 Å². The van der Waals surface area contributed by atoms with Gasteiger partial charge < -0.3 is 19.9 Å². The zero-order valence-corrected chi connectivity index (χ0v) is 20.9. The fourth-order valence-corrected chi connectivity index (χ4v) is 5.27. The second-order valence-electron chi connectivity index (χ2n) is 9.50. The zero-order chi connectivity index (χ0) is 24.2. The summed E-state index contributed by atoms with van der Waals surface area (Å²) in [4.78, 5) is 26.2. The standard InChI is InChI=1S/C27H32ClN5O2/c1-19-5-4-11-30-26(19)35-22-7-3-2-6-21(18-22)31-27(34)33-15-13-32(14-16-33)25-10-12-29-24-17-20(28)8-9-23(24)25/h4-5,8-12,17,21-22H,2-3,6-7,13-16,18H2,1H3,(H,31,34). The number of aryl methyl sites for hydroxylation is 1. The normalized spacial score (nSPS) is 21.0. The monoisotopic (exact) mass is 493 g/mol. The van der Waals surface area contributed by atoms with E-state index in [1.807, 2.05) is 54.4 Å². The van der Waals surface area contributed by atoms with Gasteiger partial charge in [-0.2, -0.15) is 0 Å². The minimum Gasteiger partial charge on any atom is -0.474 e. The van der Waals surface area contributed by atoms with Crippen LogP contribution in [0.5, 0.6) is 5.88 Å². The van der Waals surface area contributed by atoms with Crippen molar-refractivity contribution in [3.63, 3.8) is 0 Å². The maximum absolute atomic E-state index is 13.1. The number of benzene rings is 1. The van der Waals surface area contributed by atoms with Gasteiger partial charge in [-0.1, -0.05) is 24.1 Å². The molecule has 3 heterocycles. The summed E-state index contributed by atoms with van der Waals surface area (Å²) < 4.78 is 6.23. The maximum Gasteiger partial charge on any atom is 0.317 e. The van der Waals surface area contributed by atoms with Crippen LogP contribution in [0.3, 0.4) is 0 Å². The van der Waals surface area contributed by atoms with Crippen LogP contribution in [0.25, 0.3) is 10.9 Å². The van der Waals surface area contributed by atoms with Gasteiger partial charge in [0, 0.05) is 72.7 Å². The van der Waals surface area contributed by atoms with Gasteiger partial charge in [0.15, 0.2) is 0 Å². The van der Waals surface area contributed by atoms with Crippen LogP contribution in [0.15, 0.2) is 48.8 Å². The molecule has 1 aromatic carbocycles. The third-order valence-electron chi connectivity index (χ3n) is 7.03. The van der Waals surface area contributed by atoms with Gasteiger partial charge in [0.1, 0.15) is 6.10 Å². The number of anilines is 1. The number of halogens is 1. The molecule has 1 saturated heterocycles. The molecule has 8 heteroatoms. The molecule has 2 aromatic heterocycles. The first-order chi connectivity index (χ1) is 17.1. The van der Waals surface area contributed by atoms with E-state index in [0.717, 1.165) is 67.3 Å². The molecule has 0 bridgehead atoms. The van der Waals surface area contributed by atoms with Crippen molar-refractivity contribution in [2.75, 3.05) is 31.1 Å². The summed E-state index contributed by atoms with van der Waals surface area (Å²) in [5.41, 5.74) is 3.07. The SMILES string of the molecule is Cc1cccnc1OC1CCCCC(NC(=O)N2CCN(c3ccnc4cc(Cl)ccc34)CC2)C1. The molecular formula is C27H32ClN5O2. The molecule has 1 aliphatic heterocycles. The predicted octanol–water partition coefficient (Wildman–Crippen LogP) is 5.20. The Morgan fingerprint density at radius 2 is 1.89 bits per heavy atom. The van der Waals surface area contributed by atoms with E-state index in [9.17, 15) is 4.79 Å². The van der Waals surface area contributed by atoms with E-state index in [4.69, 9.17) is 16.3 Å². The lowest BCUT2D eigenvalue weighted by atomic mass is 10.1. The molecule has 35 heavy (non-hydrogen) atoms. The van der Waals surface area contributed by atoms with E-state index >= 15 is 0 Å². The molecule has 0 spiro atoms. The molecule has 2 atom stereocenters. The van der Waals surface area contributed by atoms with Crippen molar-refractivity contribution in [1.82, 2.24) is 20.2 Å². The number of urea groups is 1. The summed E-state index contributed by atoms with van der Waals surface area (Å²) >= 11 is 6.14. The molecule has 2 aliphatic rings. The van der Waals surface area contributed by atoms with Crippen molar-refractivity contribution in [2.24, 2.45) is 0 Å². The number of amides is 2. The minimum atomic E-state index is 0.0238. The second kappa shape index (κ2) is 10.7. The van der Waals surface area contributed by atoms with Gasteiger partial charge in [0.05, 0.1) is 5.52 Å². The van der Waals surface area contributed by atoms with Crippen LogP contribution >= 0.6 is 11.6 Å². The van der Waals surface area contributed by atoms with Crippen LogP contribution < -0.4 is 15.0 Å². The minimum absolute atomic E-state index is 0.0238. The maximum atomic E-state index is 13.1. The fourth-order valence-electron chi connectivity index (χ4n) is 5.10. The van der Waals surface area contributed by atoms with Crippen LogP contribution in [0.1, 0.15) is 37.7 Å². The molecule has 7 nitrogen and oxygen atoms in total. The van der Waals surface area contributed by atoms with Crippen molar-refractivity contribution < 1.29 is 9.53 Å². The van der Waals surface area contributed by atoms with Gasteiger partial charge in [-0.25, -0.2) is 9.78 Å². The topological polar surface area (TPSA) is 70.6 Å². The number of piperazine rings is 1. The number of pyridine rings is 2. The Hall–Kier alpha value is -3.06. The molecular weight excluding hydrogens is 462 g/mol. The summed E-state index contributed by atoms with van der Waals surface area (Å²) in [6.45, 7) is 4.95. The lowest BCUT2D eigenvalue weighted by Gasteiger charge is -2.37. The number of carbonyl (C=O) groups excluding carboxylic acids is 1. The highest BCUT2D eigenvalue weighted by molar-refractivity contribution is 6.31. The largest absolute Gasteiger partial charge is 0.474 e. The Morgan fingerprint density at radius 3 is 2.71 bits per heavy atom. The first-order valence-corrected chi connectivity index (χ1v) is 12.9. The molecule has 1 N–H and O–H groups in total. The predicted molar refractivity (Wildman–Crippen MR) is 139 cm³/mol. The molecule has 5 rings (SSSR count). The Bertz CT molecular complexity index is 1180. The van der Waals surface area contributed by atoms with E-state index < -0.39 is 0 Å². The smallest absolute Gasteiger partial charge is 0.317 e. The van der Waals surface area contributed by atoms with E-state index in [0.29, 0.717) is 24.0 Å². The number of nitrogens with zero attached hydrogens (tertiary/aromatic N) is 4. The summed E-state index contributed by atoms with van der Waals surface area (Å²) in [5, 5.41) is 5.06. The third-order valence-corrected chi connectivity index (χ3v) is 7.27. The zero-order valence-electron chi connectivity index (χ0n) is 20.1. The number of hydrogen-bond acceptors (Lipinski definition) is 5. The summed E-state index contributed by atoms with van der Waals surface area (Å²) in [5.74, 6) is 0.700. The summed E-state index contributed by atoms with van der Waals surface area (Å²) in [6.07, 6.45) is 8.65. The van der Waals surface area contributed by atoms with Crippen molar-refractivity contribution in [3.05, 3.63) is 59.4 Å². The number of hydrogen-bond donors (Lipinski definition) is 1. The van der Waals surface area contributed by atoms with Crippen molar-refractivity contribution in [1.29, 1.82) is 0 Å². The lowest BCUT2D eigenvalue weighted by Crippen LogP contribution is -2.53. The van der Waals surface area contributed by atoms with Gasteiger partial charge in [-0.3, -0.25) is 4.98 Å². The van der Waals surface area contributed by atoms with Crippen molar-refractivity contribution >= 4 is 34.2 Å². The van der Waals surface area contributed by atoms with Gasteiger partial charge in [0.25, 0.3) is 0 Å². The highest BCUT2D eigenvalue weighted by Crippen LogP contribution is 2.28. The van der Waals surface area contributed by atoms with E-state index in [-0.39, 0.29) is 18.2 Å². The van der Waals surface area contributed by atoms with Gasteiger partial charge in [-0.05, 0) is 56.5 Å². The summed E-state index contributed by atoms with van der Waals surface area (Å²) in [6, 6.07) is 11.9. The Morgan fingerprint density at radius 1 is 1.06 bits per heavy atom. The molecule has 1 saturated carbocycles. The molecule has 1 aliphatic carbocycles. The average Bonchev–Trinajstić information content (AvgIpc) is 3.09. The number of ether oxygens (including phenoxy) is 1. The third kappa shape index (κ3) is 5.61. The molecule has 0 radical (unpaired) electrons. The Balaban J connectivity index is 1.17. The van der Waals surface area contributed by atoms with Crippen molar-refractivity contribution in [2.45, 2.75) is 51.2 Å². The number of nitrogens with one attached hydrogen (secondary N) is 1. The number of fused-ring (bicyclic) bond motifs is 1. The first-order valence-electron chi connectivity index (χ1n) is 12.5. The second-order valence-corrected chi connectivity index (χ2v) is 9.93. The number of aromatic nitrogens is 2. The molecule has 3 aromatic rings. The quantitative estimate of drug-likeness (QED) is 0.505. The first kappa shape index (κ1) is 23.7. The van der Waals surface area contributed by atoms with Gasteiger partial charge >= 0.3 is 6.03 Å². The molecule has 2 amide bonds. The number of rotatable bonds is 4. The Labute approximate surface area is 211 Å². The van der Waals surface area contributed by atoms with Gasteiger partial charge in [-0.15, -0.1) is 0 Å². The van der Waals surface area contributed by atoms with E-state index in [2.05, 4.69) is 20.2 Å². The van der Waals surface area contributed by atoms with E-state index in [1.54, 1.807) is 6.20 Å². The molecule has 184 valence electrons. The highest BCUT2D eigenvalue weighted by atomic mass is 35.5. The highest BCUT2D eigenvalue weighted by Gasteiger charge is 2.27. The van der Waals surface area contributed by atoms with Gasteiger partial charge in [0.2, 0.25) is 5.88 Å².